The molecule has 1 heterocycles. The van der Waals surface area contributed by atoms with Crippen molar-refractivity contribution in [3.05, 3.63) is 45.2 Å². The molecule has 94 valence electrons. The fraction of sp³-hybridized carbons (Fsp3) is 0.0909. The molecule has 0 saturated heterocycles. The Kier molecular flexibility index (Phi) is 3.61. The van der Waals surface area contributed by atoms with Crippen LogP contribution in [0, 0.1) is 5.82 Å². The first kappa shape index (κ1) is 12.6. The van der Waals surface area contributed by atoms with Gasteiger partial charge in [0.2, 0.25) is 0 Å². The first-order chi connectivity index (χ1) is 8.61. The summed E-state index contributed by atoms with van der Waals surface area (Å²) < 4.78 is 18.8. The Hall–Kier alpha value is -1.89. The smallest absolute Gasteiger partial charge is 0.267 e. The summed E-state index contributed by atoms with van der Waals surface area (Å²) >= 11 is 3.08. The minimum atomic E-state index is -0.468. The van der Waals surface area contributed by atoms with E-state index >= 15 is 0 Å². The molecule has 0 unspecified atom stereocenters. The summed E-state index contributed by atoms with van der Waals surface area (Å²) in [5.41, 5.74) is -0.177. The molecule has 2 N–H and O–H groups in total. The maximum Gasteiger partial charge on any atom is 0.267 e. The fourth-order valence-electron chi connectivity index (χ4n) is 1.32. The van der Waals surface area contributed by atoms with Crippen LogP contribution in [0.3, 0.4) is 0 Å². The normalized spacial score (nSPS) is 10.2. The van der Waals surface area contributed by atoms with E-state index in [1.807, 2.05) is 0 Å². The maximum absolute atomic E-state index is 13.6. The zero-order valence-corrected chi connectivity index (χ0v) is 10.9. The highest BCUT2D eigenvalue weighted by atomic mass is 79.9. The van der Waals surface area contributed by atoms with Crippen LogP contribution in [-0.4, -0.2) is 17.1 Å². The van der Waals surface area contributed by atoms with Gasteiger partial charge in [0, 0.05) is 6.07 Å². The molecule has 1 aromatic carbocycles. The number of H-pyrrole nitrogens is 1. The molecule has 0 atom stereocenters. The number of halogens is 2. The molecule has 7 heteroatoms. The topological polar surface area (TPSA) is 67.0 Å². The van der Waals surface area contributed by atoms with E-state index in [1.165, 1.54) is 31.6 Å². The predicted octanol–water partition coefficient (Wildman–Crippen LogP) is 2.42. The van der Waals surface area contributed by atoms with Crippen LogP contribution in [0.4, 0.5) is 15.9 Å². The van der Waals surface area contributed by atoms with Crippen LogP contribution in [0.1, 0.15) is 0 Å². The molecule has 0 fully saturated rings. The Balaban J connectivity index is 2.39. The van der Waals surface area contributed by atoms with Crippen LogP contribution in [0.2, 0.25) is 0 Å². The minimum Gasteiger partial charge on any atom is -0.497 e. The largest absolute Gasteiger partial charge is 0.497 e. The number of aromatic amines is 1. The van der Waals surface area contributed by atoms with Crippen molar-refractivity contribution in [2.24, 2.45) is 0 Å². The summed E-state index contributed by atoms with van der Waals surface area (Å²) in [6.45, 7) is 0. The van der Waals surface area contributed by atoms with Gasteiger partial charge in [0.25, 0.3) is 5.56 Å². The fourth-order valence-corrected chi connectivity index (χ4v) is 1.64. The Bertz CT molecular complexity index is 630. The molecule has 0 amide bonds. The second-order valence-electron chi connectivity index (χ2n) is 3.37. The molecule has 5 nitrogen and oxygen atoms in total. The van der Waals surface area contributed by atoms with E-state index in [0.717, 1.165) is 0 Å². The number of hydrogen-bond acceptors (Lipinski definition) is 4. The van der Waals surface area contributed by atoms with Gasteiger partial charge in [0.15, 0.2) is 5.82 Å². The highest BCUT2D eigenvalue weighted by molar-refractivity contribution is 9.10. The summed E-state index contributed by atoms with van der Waals surface area (Å²) in [6.07, 6.45) is 1.23. The third-order valence-electron chi connectivity index (χ3n) is 2.22. The van der Waals surface area contributed by atoms with Crippen molar-refractivity contribution in [2.45, 2.75) is 0 Å². The Labute approximate surface area is 110 Å². The molecule has 0 bridgehead atoms. The van der Waals surface area contributed by atoms with Crippen molar-refractivity contribution < 1.29 is 9.13 Å². The Morgan fingerprint density at radius 3 is 3.00 bits per heavy atom. The van der Waals surface area contributed by atoms with E-state index in [0.29, 0.717) is 5.75 Å². The number of methoxy groups -OCH3 is 1. The second kappa shape index (κ2) is 5.18. The van der Waals surface area contributed by atoms with Gasteiger partial charge in [0.05, 0.1) is 19.1 Å². The standard InChI is InChI=1S/C11H9BrFN3O2/c1-18-6-2-3-7(13)8(4-6)16-10-9(12)11(17)15-5-14-10/h2-5H,1H3,(H2,14,15,16,17). The quantitative estimate of drug-likeness (QED) is 0.913. The van der Waals surface area contributed by atoms with Crippen molar-refractivity contribution in [2.75, 3.05) is 12.4 Å². The van der Waals surface area contributed by atoms with E-state index < -0.39 is 5.82 Å². The molecule has 2 rings (SSSR count). The monoisotopic (exact) mass is 313 g/mol. The molecule has 1 aromatic heterocycles. The van der Waals surface area contributed by atoms with Crippen LogP contribution < -0.4 is 15.6 Å². The molecule has 0 aliphatic rings. The van der Waals surface area contributed by atoms with E-state index in [2.05, 4.69) is 31.2 Å². The maximum atomic E-state index is 13.6. The first-order valence-electron chi connectivity index (χ1n) is 4.95. The molecule has 0 aliphatic carbocycles. The van der Waals surface area contributed by atoms with Gasteiger partial charge < -0.3 is 15.0 Å². The molecule has 18 heavy (non-hydrogen) atoms. The van der Waals surface area contributed by atoms with Crippen molar-refractivity contribution in [1.29, 1.82) is 0 Å². The zero-order valence-electron chi connectivity index (χ0n) is 9.33. The SMILES string of the molecule is COc1ccc(F)c(Nc2nc[nH]c(=O)c2Br)c1. The molecular weight excluding hydrogens is 305 g/mol. The van der Waals surface area contributed by atoms with Crippen LogP contribution >= 0.6 is 15.9 Å². The molecule has 2 aromatic rings. The van der Waals surface area contributed by atoms with E-state index in [4.69, 9.17) is 4.74 Å². The molecule has 0 radical (unpaired) electrons. The van der Waals surface area contributed by atoms with Gasteiger partial charge in [-0.2, -0.15) is 0 Å². The predicted molar refractivity (Wildman–Crippen MR) is 68.8 cm³/mol. The number of ether oxygens (including phenoxy) is 1. The zero-order chi connectivity index (χ0) is 13.1. The lowest BCUT2D eigenvalue weighted by atomic mass is 10.3. The molecular formula is C11H9BrFN3O2. The number of anilines is 2. The summed E-state index contributed by atoms with van der Waals surface area (Å²) in [5.74, 6) is 0.260. The number of rotatable bonds is 3. The summed E-state index contributed by atoms with van der Waals surface area (Å²) in [6, 6.07) is 4.24. The van der Waals surface area contributed by atoms with Gasteiger partial charge in [-0.25, -0.2) is 9.37 Å². The van der Waals surface area contributed by atoms with Crippen LogP contribution in [0.15, 0.2) is 33.8 Å². The van der Waals surface area contributed by atoms with Gasteiger partial charge >= 0.3 is 0 Å². The number of benzene rings is 1. The van der Waals surface area contributed by atoms with Crippen molar-refractivity contribution in [1.82, 2.24) is 9.97 Å². The van der Waals surface area contributed by atoms with Crippen molar-refractivity contribution >= 4 is 27.4 Å². The number of aromatic nitrogens is 2. The van der Waals surface area contributed by atoms with Gasteiger partial charge in [-0.3, -0.25) is 4.79 Å². The lowest BCUT2D eigenvalue weighted by Gasteiger charge is -2.09. The summed E-state index contributed by atoms with van der Waals surface area (Å²) in [4.78, 5) is 17.6. The summed E-state index contributed by atoms with van der Waals surface area (Å²) in [7, 11) is 1.48. The third-order valence-corrected chi connectivity index (χ3v) is 2.96. The molecule has 0 spiro atoms. The average Bonchev–Trinajstić information content (AvgIpc) is 2.37. The van der Waals surface area contributed by atoms with E-state index in [9.17, 15) is 9.18 Å². The van der Waals surface area contributed by atoms with Gasteiger partial charge in [0.1, 0.15) is 16.0 Å². The Morgan fingerprint density at radius 1 is 1.50 bits per heavy atom. The molecule has 0 saturated carbocycles. The van der Waals surface area contributed by atoms with Crippen LogP contribution in [0.25, 0.3) is 0 Å². The number of nitrogens with zero attached hydrogens (tertiary/aromatic N) is 1. The second-order valence-corrected chi connectivity index (χ2v) is 4.16. The minimum absolute atomic E-state index is 0.174. The van der Waals surface area contributed by atoms with Crippen LogP contribution in [0.5, 0.6) is 5.75 Å². The van der Waals surface area contributed by atoms with Crippen molar-refractivity contribution in [3.8, 4) is 5.75 Å². The average molecular weight is 314 g/mol. The lowest BCUT2D eigenvalue weighted by Crippen LogP contribution is -2.10. The lowest BCUT2D eigenvalue weighted by molar-refractivity contribution is 0.414. The van der Waals surface area contributed by atoms with Crippen LogP contribution in [-0.2, 0) is 0 Å². The van der Waals surface area contributed by atoms with Gasteiger partial charge in [-0.1, -0.05) is 0 Å². The first-order valence-corrected chi connectivity index (χ1v) is 5.75. The highest BCUT2D eigenvalue weighted by Gasteiger charge is 2.09. The number of nitrogens with one attached hydrogen (secondary N) is 2. The third kappa shape index (κ3) is 2.51. The molecule has 0 aliphatic heterocycles. The highest BCUT2D eigenvalue weighted by Crippen LogP contribution is 2.25. The van der Waals surface area contributed by atoms with Gasteiger partial charge in [-0.05, 0) is 28.1 Å². The number of hydrogen-bond donors (Lipinski definition) is 2. The van der Waals surface area contributed by atoms with E-state index in [-0.39, 0.29) is 21.5 Å². The van der Waals surface area contributed by atoms with Crippen molar-refractivity contribution in [3.63, 3.8) is 0 Å². The summed E-state index contributed by atoms with van der Waals surface area (Å²) in [5, 5.41) is 2.72. The Morgan fingerprint density at radius 2 is 2.28 bits per heavy atom. The van der Waals surface area contributed by atoms with E-state index in [1.54, 1.807) is 0 Å². The van der Waals surface area contributed by atoms with Gasteiger partial charge in [-0.15, -0.1) is 0 Å².